The minimum Gasteiger partial charge on any atom is -0.368 e. The summed E-state index contributed by atoms with van der Waals surface area (Å²) in [6, 6.07) is 13.7. The summed E-state index contributed by atoms with van der Waals surface area (Å²) in [6.07, 6.45) is -0.477. The molecule has 0 unspecified atom stereocenters. The van der Waals surface area contributed by atoms with E-state index in [4.69, 9.17) is 0 Å². The Morgan fingerprint density at radius 2 is 1.87 bits per heavy atom. The molecule has 0 spiro atoms. The van der Waals surface area contributed by atoms with Crippen molar-refractivity contribution >= 4 is 11.5 Å². The Balaban J connectivity index is 1.55. The van der Waals surface area contributed by atoms with Gasteiger partial charge < -0.3 is 5.32 Å². The molecule has 0 amide bonds. The number of alkyl halides is 2. The Morgan fingerprint density at radius 1 is 1.09 bits per heavy atom. The van der Waals surface area contributed by atoms with E-state index >= 15 is 0 Å². The van der Waals surface area contributed by atoms with E-state index in [0.717, 1.165) is 23.9 Å². The Morgan fingerprint density at radius 3 is 2.57 bits per heavy atom. The molecule has 4 rings (SSSR count). The van der Waals surface area contributed by atoms with Crippen LogP contribution in [-0.2, 0) is 5.41 Å². The van der Waals surface area contributed by atoms with Gasteiger partial charge in [-0.15, -0.1) is 15.3 Å². The molecular weight excluding hydrogens is 300 g/mol. The normalized spacial score (nSPS) is 16.0. The SMILES string of the molecule is FC(F)c1nnc2ccc(NCC3(c4ccccc4)CC3)nn12. The van der Waals surface area contributed by atoms with E-state index < -0.39 is 12.2 Å². The van der Waals surface area contributed by atoms with Crippen LogP contribution in [0.3, 0.4) is 0 Å². The molecule has 1 aromatic carbocycles. The second-order valence-corrected chi connectivity index (χ2v) is 5.85. The average molecular weight is 315 g/mol. The van der Waals surface area contributed by atoms with Gasteiger partial charge in [0.1, 0.15) is 5.82 Å². The molecule has 5 nitrogen and oxygen atoms in total. The maximum atomic E-state index is 12.9. The first-order valence-corrected chi connectivity index (χ1v) is 7.48. The second kappa shape index (κ2) is 5.26. The van der Waals surface area contributed by atoms with E-state index in [-0.39, 0.29) is 5.41 Å². The highest BCUT2D eigenvalue weighted by Gasteiger charge is 2.43. The first-order valence-electron chi connectivity index (χ1n) is 7.48. The topological polar surface area (TPSA) is 55.1 Å². The van der Waals surface area contributed by atoms with Crippen molar-refractivity contribution in [2.24, 2.45) is 0 Å². The van der Waals surface area contributed by atoms with E-state index in [1.165, 1.54) is 5.56 Å². The fraction of sp³-hybridized carbons (Fsp3) is 0.312. The number of hydrogen-bond acceptors (Lipinski definition) is 4. The maximum absolute atomic E-state index is 12.9. The third-order valence-corrected chi connectivity index (χ3v) is 4.33. The number of fused-ring (bicyclic) bond motifs is 1. The quantitative estimate of drug-likeness (QED) is 0.785. The van der Waals surface area contributed by atoms with Crippen molar-refractivity contribution in [2.75, 3.05) is 11.9 Å². The first kappa shape index (κ1) is 14.0. The van der Waals surface area contributed by atoms with E-state index in [2.05, 4.69) is 32.7 Å². The van der Waals surface area contributed by atoms with Crippen LogP contribution in [0.2, 0.25) is 0 Å². The van der Waals surface area contributed by atoms with Gasteiger partial charge in [0.05, 0.1) is 0 Å². The molecule has 1 aliphatic rings. The molecular formula is C16H15F2N5. The molecule has 23 heavy (non-hydrogen) atoms. The molecule has 1 N–H and O–H groups in total. The number of nitrogens with zero attached hydrogens (tertiary/aromatic N) is 4. The fourth-order valence-corrected chi connectivity index (χ4v) is 2.81. The van der Waals surface area contributed by atoms with Crippen LogP contribution in [0.15, 0.2) is 42.5 Å². The molecule has 0 atom stereocenters. The maximum Gasteiger partial charge on any atom is 0.299 e. The third kappa shape index (κ3) is 2.52. The molecule has 0 radical (unpaired) electrons. The Labute approximate surface area is 131 Å². The number of anilines is 1. The van der Waals surface area contributed by atoms with Crippen molar-refractivity contribution in [3.63, 3.8) is 0 Å². The number of rotatable bonds is 5. The molecule has 0 saturated heterocycles. The van der Waals surface area contributed by atoms with Crippen molar-refractivity contribution in [1.82, 2.24) is 19.8 Å². The standard InChI is InChI=1S/C16H15F2N5/c17-14(18)15-21-20-13-7-6-12(22-23(13)15)19-10-16(8-9-16)11-4-2-1-3-5-11/h1-7,14H,8-10H2,(H,19,22). The lowest BCUT2D eigenvalue weighted by molar-refractivity contribution is 0.137. The molecule has 1 fully saturated rings. The predicted molar refractivity (Wildman–Crippen MR) is 81.6 cm³/mol. The zero-order valence-electron chi connectivity index (χ0n) is 12.3. The van der Waals surface area contributed by atoms with Crippen LogP contribution in [0.25, 0.3) is 5.65 Å². The minimum atomic E-state index is -2.70. The molecule has 2 heterocycles. The van der Waals surface area contributed by atoms with Crippen LogP contribution in [-0.4, -0.2) is 26.4 Å². The molecule has 118 valence electrons. The van der Waals surface area contributed by atoms with E-state index in [0.29, 0.717) is 11.5 Å². The van der Waals surface area contributed by atoms with Crippen molar-refractivity contribution in [3.8, 4) is 0 Å². The van der Waals surface area contributed by atoms with Gasteiger partial charge in [-0.1, -0.05) is 30.3 Å². The van der Waals surface area contributed by atoms with E-state index in [1.807, 2.05) is 18.2 Å². The van der Waals surface area contributed by atoms with Gasteiger partial charge in [-0.3, -0.25) is 0 Å². The van der Waals surface area contributed by atoms with Gasteiger partial charge in [0, 0.05) is 12.0 Å². The second-order valence-electron chi connectivity index (χ2n) is 5.85. The van der Waals surface area contributed by atoms with Crippen LogP contribution >= 0.6 is 0 Å². The van der Waals surface area contributed by atoms with Gasteiger partial charge in [-0.05, 0) is 30.5 Å². The average Bonchev–Trinajstić information content (AvgIpc) is 3.25. The van der Waals surface area contributed by atoms with Gasteiger partial charge in [-0.2, -0.15) is 4.52 Å². The highest BCUT2D eigenvalue weighted by Crippen LogP contribution is 2.47. The molecule has 1 aliphatic carbocycles. The molecule has 0 aliphatic heterocycles. The van der Waals surface area contributed by atoms with E-state index in [9.17, 15) is 8.78 Å². The summed E-state index contributed by atoms with van der Waals surface area (Å²) in [6.45, 7) is 0.724. The molecule has 7 heteroatoms. The van der Waals surface area contributed by atoms with Crippen molar-refractivity contribution < 1.29 is 8.78 Å². The smallest absolute Gasteiger partial charge is 0.299 e. The number of benzene rings is 1. The molecule has 2 aromatic heterocycles. The molecule has 3 aromatic rings. The van der Waals surface area contributed by atoms with Crippen LogP contribution < -0.4 is 5.32 Å². The lowest BCUT2D eigenvalue weighted by Gasteiger charge is -2.17. The van der Waals surface area contributed by atoms with Crippen LogP contribution in [0.1, 0.15) is 30.7 Å². The van der Waals surface area contributed by atoms with Crippen LogP contribution in [0.5, 0.6) is 0 Å². The zero-order valence-corrected chi connectivity index (χ0v) is 12.3. The van der Waals surface area contributed by atoms with Gasteiger partial charge in [0.2, 0.25) is 5.82 Å². The summed E-state index contributed by atoms with van der Waals surface area (Å²) in [4.78, 5) is 0. The van der Waals surface area contributed by atoms with Crippen molar-refractivity contribution in [2.45, 2.75) is 24.7 Å². The highest BCUT2D eigenvalue weighted by molar-refractivity contribution is 5.45. The van der Waals surface area contributed by atoms with E-state index in [1.54, 1.807) is 12.1 Å². The Kier molecular flexibility index (Phi) is 3.21. The van der Waals surface area contributed by atoms with Gasteiger partial charge in [0.25, 0.3) is 6.43 Å². The minimum absolute atomic E-state index is 0.122. The summed E-state index contributed by atoms with van der Waals surface area (Å²) in [7, 11) is 0. The number of halogens is 2. The predicted octanol–water partition coefficient (Wildman–Crippen LogP) is 3.21. The Hall–Kier alpha value is -2.57. The van der Waals surface area contributed by atoms with Gasteiger partial charge in [-0.25, -0.2) is 8.78 Å². The van der Waals surface area contributed by atoms with Crippen LogP contribution in [0.4, 0.5) is 14.6 Å². The van der Waals surface area contributed by atoms with Gasteiger partial charge in [0.15, 0.2) is 5.65 Å². The molecule has 0 bridgehead atoms. The van der Waals surface area contributed by atoms with Crippen molar-refractivity contribution in [1.29, 1.82) is 0 Å². The summed E-state index contributed by atoms with van der Waals surface area (Å²) < 4.78 is 26.9. The summed E-state index contributed by atoms with van der Waals surface area (Å²) >= 11 is 0. The molecule has 1 saturated carbocycles. The Bertz CT molecular complexity index is 827. The summed E-state index contributed by atoms with van der Waals surface area (Å²) in [5.74, 6) is 0.106. The summed E-state index contributed by atoms with van der Waals surface area (Å²) in [5, 5.41) is 14.6. The lowest BCUT2D eigenvalue weighted by Crippen LogP contribution is -2.20. The highest BCUT2D eigenvalue weighted by atomic mass is 19.3. The monoisotopic (exact) mass is 315 g/mol. The van der Waals surface area contributed by atoms with Crippen LogP contribution in [0, 0.1) is 0 Å². The largest absolute Gasteiger partial charge is 0.368 e. The van der Waals surface area contributed by atoms with Crippen molar-refractivity contribution in [3.05, 3.63) is 53.9 Å². The fourth-order valence-electron chi connectivity index (χ4n) is 2.81. The summed E-state index contributed by atoms with van der Waals surface area (Å²) in [5.41, 5.74) is 1.73. The number of nitrogens with one attached hydrogen (secondary N) is 1. The zero-order chi connectivity index (χ0) is 15.9. The first-order chi connectivity index (χ1) is 11.2. The number of hydrogen-bond donors (Lipinski definition) is 1. The van der Waals surface area contributed by atoms with Gasteiger partial charge >= 0.3 is 0 Å². The lowest BCUT2D eigenvalue weighted by atomic mass is 9.96. The third-order valence-electron chi connectivity index (χ3n) is 4.33. The number of aromatic nitrogens is 4.